The average molecular weight is 458 g/mol. The first-order valence-electron chi connectivity index (χ1n) is 8.72. The zero-order valence-corrected chi connectivity index (χ0v) is 17.3. The lowest BCUT2D eigenvalue weighted by atomic mass is 10.1. The molecule has 4 nitrogen and oxygen atoms in total. The predicted molar refractivity (Wildman–Crippen MR) is 116 cm³/mol. The van der Waals surface area contributed by atoms with E-state index < -0.39 is 0 Å². The molecule has 2 amide bonds. The van der Waals surface area contributed by atoms with Gasteiger partial charge in [-0.15, -0.1) is 0 Å². The van der Waals surface area contributed by atoms with Crippen LogP contribution in [0.25, 0.3) is 0 Å². The van der Waals surface area contributed by atoms with Gasteiger partial charge >= 0.3 is 0 Å². The number of amides is 2. The van der Waals surface area contributed by atoms with Gasteiger partial charge in [0.05, 0.1) is 16.8 Å². The van der Waals surface area contributed by atoms with Gasteiger partial charge in [-0.25, -0.2) is 0 Å². The molecular weight excluding hydrogens is 440 g/mol. The van der Waals surface area contributed by atoms with Crippen molar-refractivity contribution < 1.29 is 9.59 Å². The molecule has 0 aliphatic rings. The summed E-state index contributed by atoms with van der Waals surface area (Å²) in [6, 6.07) is 21.6. The van der Waals surface area contributed by atoms with Crippen molar-refractivity contribution in [1.29, 1.82) is 0 Å². The lowest BCUT2D eigenvalue weighted by Gasteiger charge is -2.12. The summed E-state index contributed by atoms with van der Waals surface area (Å²) >= 11 is 9.25. The molecule has 6 heteroatoms. The summed E-state index contributed by atoms with van der Waals surface area (Å²) in [6.45, 7) is 0.479. The Labute approximate surface area is 177 Å². The van der Waals surface area contributed by atoms with E-state index in [1.807, 2.05) is 30.3 Å². The van der Waals surface area contributed by atoms with Crippen molar-refractivity contribution in [3.63, 3.8) is 0 Å². The predicted octanol–water partition coefficient (Wildman–Crippen LogP) is 5.33. The summed E-state index contributed by atoms with van der Waals surface area (Å²) in [5.41, 5.74) is 2.46. The van der Waals surface area contributed by atoms with Crippen LogP contribution < -0.4 is 10.6 Å². The van der Waals surface area contributed by atoms with E-state index in [4.69, 9.17) is 11.6 Å². The van der Waals surface area contributed by atoms with Crippen LogP contribution in [0.1, 0.15) is 26.3 Å². The molecule has 0 saturated carbocycles. The third-order valence-electron chi connectivity index (χ3n) is 4.15. The summed E-state index contributed by atoms with van der Waals surface area (Å²) in [4.78, 5) is 25.2. The molecule has 0 saturated heterocycles. The van der Waals surface area contributed by atoms with Crippen molar-refractivity contribution in [3.8, 4) is 0 Å². The van der Waals surface area contributed by atoms with Crippen LogP contribution in [-0.2, 0) is 6.42 Å². The van der Waals surface area contributed by atoms with Gasteiger partial charge in [0.25, 0.3) is 11.8 Å². The van der Waals surface area contributed by atoms with E-state index in [9.17, 15) is 9.59 Å². The number of carbonyl (C=O) groups is 2. The van der Waals surface area contributed by atoms with E-state index in [2.05, 4.69) is 26.6 Å². The molecule has 3 rings (SSSR count). The van der Waals surface area contributed by atoms with Gasteiger partial charge in [0.2, 0.25) is 0 Å². The number of anilines is 1. The Hall–Kier alpha value is -2.63. The standard InChI is InChI=1S/C22H18BrClN2O2/c23-19-7-3-1-5-17(19)22(28)26-20-8-4-2-6-18(20)21(27)25-14-13-15-9-11-16(24)12-10-15/h1-12H,13-14H2,(H,25,27)(H,26,28). The smallest absolute Gasteiger partial charge is 0.256 e. The molecule has 0 spiro atoms. The Morgan fingerprint density at radius 1 is 0.821 bits per heavy atom. The Morgan fingerprint density at radius 3 is 2.18 bits per heavy atom. The number of para-hydroxylation sites is 1. The Bertz CT molecular complexity index is 990. The number of halogens is 2. The second-order valence-corrected chi connectivity index (χ2v) is 7.40. The van der Waals surface area contributed by atoms with E-state index in [1.165, 1.54) is 0 Å². The van der Waals surface area contributed by atoms with Crippen molar-refractivity contribution >= 4 is 45.0 Å². The molecule has 0 atom stereocenters. The molecular formula is C22H18BrClN2O2. The lowest BCUT2D eigenvalue weighted by molar-refractivity contribution is 0.0955. The number of hydrogen-bond acceptors (Lipinski definition) is 2. The minimum Gasteiger partial charge on any atom is -0.352 e. The lowest BCUT2D eigenvalue weighted by Crippen LogP contribution is -2.27. The van der Waals surface area contributed by atoms with Crippen LogP contribution in [0.4, 0.5) is 5.69 Å². The van der Waals surface area contributed by atoms with Crippen LogP contribution in [0.15, 0.2) is 77.3 Å². The van der Waals surface area contributed by atoms with Gasteiger partial charge in [-0.2, -0.15) is 0 Å². The zero-order valence-electron chi connectivity index (χ0n) is 14.9. The molecule has 142 valence electrons. The van der Waals surface area contributed by atoms with Gasteiger partial charge in [-0.3, -0.25) is 9.59 Å². The highest BCUT2D eigenvalue weighted by atomic mass is 79.9. The summed E-state index contributed by atoms with van der Waals surface area (Å²) in [7, 11) is 0. The summed E-state index contributed by atoms with van der Waals surface area (Å²) in [5, 5.41) is 6.40. The first kappa shape index (κ1) is 20.1. The molecule has 0 aliphatic heterocycles. The number of carbonyl (C=O) groups excluding carboxylic acids is 2. The Kier molecular flexibility index (Phi) is 6.85. The molecule has 0 unspecified atom stereocenters. The molecule has 0 radical (unpaired) electrons. The van der Waals surface area contributed by atoms with Crippen LogP contribution in [0.2, 0.25) is 5.02 Å². The molecule has 3 aromatic carbocycles. The number of nitrogens with one attached hydrogen (secondary N) is 2. The second kappa shape index (κ2) is 9.53. The highest BCUT2D eigenvalue weighted by molar-refractivity contribution is 9.10. The molecule has 2 N–H and O–H groups in total. The monoisotopic (exact) mass is 456 g/mol. The van der Waals surface area contributed by atoms with Gasteiger partial charge in [-0.05, 0) is 64.3 Å². The number of hydrogen-bond donors (Lipinski definition) is 2. The average Bonchev–Trinajstić information content (AvgIpc) is 2.70. The Balaban J connectivity index is 1.65. The molecule has 28 heavy (non-hydrogen) atoms. The number of rotatable bonds is 6. The van der Waals surface area contributed by atoms with Crippen molar-refractivity contribution in [2.75, 3.05) is 11.9 Å². The SMILES string of the molecule is O=C(Nc1ccccc1C(=O)NCCc1ccc(Cl)cc1)c1ccccc1Br. The van der Waals surface area contributed by atoms with Crippen molar-refractivity contribution in [3.05, 3.63) is 99.0 Å². The molecule has 0 heterocycles. The van der Waals surface area contributed by atoms with Crippen molar-refractivity contribution in [1.82, 2.24) is 5.32 Å². The fourth-order valence-electron chi connectivity index (χ4n) is 2.69. The third-order valence-corrected chi connectivity index (χ3v) is 5.09. The maximum absolute atomic E-state index is 12.6. The van der Waals surface area contributed by atoms with Gasteiger partial charge in [0, 0.05) is 16.0 Å². The van der Waals surface area contributed by atoms with Gasteiger partial charge in [0.1, 0.15) is 0 Å². The van der Waals surface area contributed by atoms with Gasteiger partial charge in [0.15, 0.2) is 0 Å². The molecule has 0 fully saturated rings. The maximum atomic E-state index is 12.6. The largest absolute Gasteiger partial charge is 0.352 e. The minimum atomic E-state index is -0.283. The summed E-state index contributed by atoms with van der Waals surface area (Å²) in [5.74, 6) is -0.522. The highest BCUT2D eigenvalue weighted by Gasteiger charge is 2.15. The summed E-state index contributed by atoms with van der Waals surface area (Å²) in [6.07, 6.45) is 0.689. The van der Waals surface area contributed by atoms with Crippen LogP contribution in [0, 0.1) is 0 Å². The molecule has 3 aromatic rings. The normalized spacial score (nSPS) is 10.4. The topological polar surface area (TPSA) is 58.2 Å². The highest BCUT2D eigenvalue weighted by Crippen LogP contribution is 2.20. The first-order chi connectivity index (χ1) is 13.5. The van der Waals surface area contributed by atoms with Gasteiger partial charge < -0.3 is 10.6 Å². The quantitative estimate of drug-likeness (QED) is 0.526. The maximum Gasteiger partial charge on any atom is 0.256 e. The van der Waals surface area contributed by atoms with E-state index in [-0.39, 0.29) is 11.8 Å². The van der Waals surface area contributed by atoms with Crippen LogP contribution in [0.3, 0.4) is 0 Å². The third kappa shape index (κ3) is 5.21. The fourth-order valence-corrected chi connectivity index (χ4v) is 3.28. The van der Waals surface area contributed by atoms with E-state index in [1.54, 1.807) is 42.5 Å². The first-order valence-corrected chi connectivity index (χ1v) is 9.89. The molecule has 0 bridgehead atoms. The minimum absolute atomic E-state index is 0.239. The van der Waals surface area contributed by atoms with Crippen LogP contribution >= 0.6 is 27.5 Å². The Morgan fingerprint density at radius 2 is 1.46 bits per heavy atom. The molecule has 0 aromatic heterocycles. The fraction of sp³-hybridized carbons (Fsp3) is 0.0909. The van der Waals surface area contributed by atoms with Gasteiger partial charge in [-0.1, -0.05) is 48.0 Å². The summed E-state index contributed by atoms with van der Waals surface area (Å²) < 4.78 is 0.692. The second-order valence-electron chi connectivity index (χ2n) is 6.11. The van der Waals surface area contributed by atoms with Crippen molar-refractivity contribution in [2.45, 2.75) is 6.42 Å². The van der Waals surface area contributed by atoms with Crippen molar-refractivity contribution in [2.24, 2.45) is 0 Å². The van der Waals surface area contributed by atoms with Crippen LogP contribution in [-0.4, -0.2) is 18.4 Å². The van der Waals surface area contributed by atoms with E-state index in [0.29, 0.717) is 39.3 Å². The molecule has 0 aliphatic carbocycles. The number of benzene rings is 3. The van der Waals surface area contributed by atoms with Crippen LogP contribution in [0.5, 0.6) is 0 Å². The van der Waals surface area contributed by atoms with E-state index >= 15 is 0 Å². The van der Waals surface area contributed by atoms with E-state index in [0.717, 1.165) is 5.56 Å². The zero-order chi connectivity index (χ0) is 19.9.